The van der Waals surface area contributed by atoms with Crippen LogP contribution < -0.4 is 0 Å². The number of hydrogen-bond acceptors (Lipinski definition) is 3. The Labute approximate surface area is 129 Å². The monoisotopic (exact) mass is 315 g/mol. The van der Waals surface area contributed by atoms with Crippen LogP contribution in [-0.2, 0) is 10.0 Å². The van der Waals surface area contributed by atoms with E-state index in [4.69, 9.17) is 0 Å². The molecule has 1 aromatic carbocycles. The van der Waals surface area contributed by atoms with Crippen LogP contribution in [0.5, 0.6) is 0 Å². The van der Waals surface area contributed by atoms with Gasteiger partial charge in [-0.25, -0.2) is 17.7 Å². The van der Waals surface area contributed by atoms with Crippen molar-refractivity contribution in [1.82, 2.24) is 14.3 Å². The quantitative estimate of drug-likeness (QED) is 0.808. The van der Waals surface area contributed by atoms with Crippen molar-refractivity contribution in [2.45, 2.75) is 11.8 Å². The van der Waals surface area contributed by atoms with Crippen molar-refractivity contribution in [3.8, 4) is 11.1 Å². The highest BCUT2D eigenvalue weighted by Gasteiger charge is 2.18. The minimum absolute atomic E-state index is 0.281. The van der Waals surface area contributed by atoms with Crippen LogP contribution in [-0.4, -0.2) is 36.8 Å². The van der Waals surface area contributed by atoms with Crippen molar-refractivity contribution in [3.63, 3.8) is 0 Å². The van der Waals surface area contributed by atoms with E-state index in [9.17, 15) is 8.42 Å². The van der Waals surface area contributed by atoms with Crippen molar-refractivity contribution in [2.24, 2.45) is 0 Å². The van der Waals surface area contributed by atoms with E-state index in [0.29, 0.717) is 0 Å². The minimum Gasteiger partial charge on any atom is -0.346 e. The summed E-state index contributed by atoms with van der Waals surface area (Å²) in [5.41, 5.74) is 3.46. The third kappa shape index (κ3) is 2.40. The molecular weight excluding hydrogens is 298 g/mol. The van der Waals surface area contributed by atoms with Crippen LogP contribution in [0.25, 0.3) is 22.2 Å². The fourth-order valence-electron chi connectivity index (χ4n) is 2.40. The van der Waals surface area contributed by atoms with Crippen molar-refractivity contribution < 1.29 is 8.42 Å². The molecule has 6 heteroatoms. The average Bonchev–Trinajstić information content (AvgIpc) is 2.93. The van der Waals surface area contributed by atoms with Gasteiger partial charge < -0.3 is 4.98 Å². The molecule has 0 aliphatic rings. The van der Waals surface area contributed by atoms with E-state index in [1.807, 2.05) is 31.3 Å². The van der Waals surface area contributed by atoms with Crippen LogP contribution >= 0.6 is 0 Å². The van der Waals surface area contributed by atoms with Gasteiger partial charge in [0, 0.05) is 36.9 Å². The lowest BCUT2D eigenvalue weighted by Gasteiger charge is -2.13. The number of pyridine rings is 1. The molecule has 0 aliphatic carbocycles. The number of rotatable bonds is 3. The number of nitrogens with zero attached hydrogens (tertiary/aromatic N) is 2. The Morgan fingerprint density at radius 3 is 2.64 bits per heavy atom. The number of aromatic amines is 1. The Morgan fingerprint density at radius 2 is 1.91 bits per heavy atom. The molecule has 3 rings (SSSR count). The zero-order valence-corrected chi connectivity index (χ0v) is 13.5. The molecule has 2 aromatic heterocycles. The van der Waals surface area contributed by atoms with Crippen LogP contribution in [0.15, 0.2) is 47.5 Å². The van der Waals surface area contributed by atoms with Gasteiger partial charge in [-0.2, -0.15) is 0 Å². The van der Waals surface area contributed by atoms with Crippen molar-refractivity contribution in [2.75, 3.05) is 14.1 Å². The van der Waals surface area contributed by atoms with Crippen molar-refractivity contribution in [1.29, 1.82) is 0 Å². The van der Waals surface area contributed by atoms with Gasteiger partial charge in [-0.1, -0.05) is 12.1 Å². The zero-order chi connectivity index (χ0) is 15.9. The molecule has 3 aromatic rings. The highest BCUT2D eigenvalue weighted by Crippen LogP contribution is 2.28. The highest BCUT2D eigenvalue weighted by atomic mass is 32.2. The maximum absolute atomic E-state index is 12.3. The molecule has 1 N–H and O–H groups in total. The predicted octanol–water partition coefficient (Wildman–Crippen LogP) is 2.79. The number of aromatic nitrogens is 2. The summed E-state index contributed by atoms with van der Waals surface area (Å²) < 4.78 is 25.8. The van der Waals surface area contributed by atoms with Gasteiger partial charge in [-0.15, -0.1) is 0 Å². The topological polar surface area (TPSA) is 66.1 Å². The molecule has 0 atom stereocenters. The molecule has 2 heterocycles. The molecule has 0 radical (unpaired) electrons. The smallest absolute Gasteiger partial charge is 0.242 e. The minimum atomic E-state index is -3.45. The first-order chi connectivity index (χ1) is 10.4. The summed E-state index contributed by atoms with van der Waals surface area (Å²) in [5.74, 6) is 0. The van der Waals surface area contributed by atoms with E-state index in [-0.39, 0.29) is 4.90 Å². The molecule has 0 saturated heterocycles. The van der Waals surface area contributed by atoms with Gasteiger partial charge in [0.2, 0.25) is 10.0 Å². The lowest BCUT2D eigenvalue weighted by molar-refractivity contribution is 0.521. The molecule has 0 aliphatic heterocycles. The maximum atomic E-state index is 12.3. The largest absolute Gasteiger partial charge is 0.346 e. The molecular formula is C16H17N3O2S. The Kier molecular flexibility index (Phi) is 3.50. The third-order valence-electron chi connectivity index (χ3n) is 3.65. The molecule has 114 valence electrons. The first-order valence-corrected chi connectivity index (χ1v) is 8.31. The number of nitrogens with one attached hydrogen (secondary N) is 1. The van der Waals surface area contributed by atoms with Crippen LogP contribution in [0.4, 0.5) is 0 Å². The predicted molar refractivity (Wildman–Crippen MR) is 87.1 cm³/mol. The summed E-state index contributed by atoms with van der Waals surface area (Å²) in [6, 6.07) is 10.9. The van der Waals surface area contributed by atoms with E-state index in [1.165, 1.54) is 18.4 Å². The molecule has 0 spiro atoms. The van der Waals surface area contributed by atoms with Crippen LogP contribution in [0.1, 0.15) is 5.69 Å². The maximum Gasteiger partial charge on any atom is 0.242 e. The van der Waals surface area contributed by atoms with Gasteiger partial charge in [-0.05, 0) is 36.8 Å². The highest BCUT2D eigenvalue weighted by molar-refractivity contribution is 7.89. The second-order valence-electron chi connectivity index (χ2n) is 5.35. The molecule has 0 fully saturated rings. The molecule has 22 heavy (non-hydrogen) atoms. The average molecular weight is 315 g/mol. The second-order valence-corrected chi connectivity index (χ2v) is 7.50. The molecule has 0 bridgehead atoms. The molecule has 0 unspecified atom stereocenters. The number of hydrogen-bond donors (Lipinski definition) is 1. The van der Waals surface area contributed by atoms with E-state index in [2.05, 4.69) is 9.97 Å². The van der Waals surface area contributed by atoms with Gasteiger partial charge >= 0.3 is 0 Å². The van der Waals surface area contributed by atoms with Gasteiger partial charge in [0.15, 0.2) is 0 Å². The SMILES string of the molecule is Cc1nc2[nH]ccc2cc1-c1cccc(S(=O)(=O)N(C)C)c1. The number of fused-ring (bicyclic) bond motifs is 1. The summed E-state index contributed by atoms with van der Waals surface area (Å²) in [6.45, 7) is 1.92. The molecule has 0 amide bonds. The Bertz CT molecular complexity index is 943. The third-order valence-corrected chi connectivity index (χ3v) is 5.46. The van der Waals surface area contributed by atoms with Crippen molar-refractivity contribution >= 4 is 21.1 Å². The fourth-order valence-corrected chi connectivity index (χ4v) is 3.35. The Morgan fingerprint density at radius 1 is 1.14 bits per heavy atom. The van der Waals surface area contributed by atoms with E-state index in [0.717, 1.165) is 27.9 Å². The Hall–Kier alpha value is -2.18. The van der Waals surface area contributed by atoms with Gasteiger partial charge in [-0.3, -0.25) is 0 Å². The summed E-state index contributed by atoms with van der Waals surface area (Å²) in [7, 11) is -0.388. The van der Waals surface area contributed by atoms with Gasteiger partial charge in [0.05, 0.1) is 4.90 Å². The van der Waals surface area contributed by atoms with Crippen LogP contribution in [0.3, 0.4) is 0 Å². The number of aryl methyl sites for hydroxylation is 1. The fraction of sp³-hybridized carbons (Fsp3) is 0.188. The number of H-pyrrole nitrogens is 1. The zero-order valence-electron chi connectivity index (χ0n) is 12.7. The normalized spacial score (nSPS) is 12.2. The number of sulfonamides is 1. The Balaban J connectivity index is 2.17. The van der Waals surface area contributed by atoms with Gasteiger partial charge in [0.25, 0.3) is 0 Å². The van der Waals surface area contributed by atoms with Crippen molar-refractivity contribution in [3.05, 3.63) is 48.3 Å². The first kappa shape index (κ1) is 14.7. The standard InChI is InChI=1S/C16H17N3O2S/c1-11-15(10-13-7-8-17-16(13)18-11)12-5-4-6-14(9-12)22(20,21)19(2)3/h4-10H,1-3H3,(H,17,18). The van der Waals surface area contributed by atoms with E-state index < -0.39 is 10.0 Å². The number of benzene rings is 1. The van der Waals surface area contributed by atoms with E-state index in [1.54, 1.807) is 18.2 Å². The van der Waals surface area contributed by atoms with Gasteiger partial charge in [0.1, 0.15) is 5.65 Å². The lowest BCUT2D eigenvalue weighted by Crippen LogP contribution is -2.22. The summed E-state index contributed by atoms with van der Waals surface area (Å²) in [5, 5.41) is 1.00. The molecule has 5 nitrogen and oxygen atoms in total. The summed E-state index contributed by atoms with van der Waals surface area (Å²) in [4.78, 5) is 7.88. The molecule has 0 saturated carbocycles. The lowest BCUT2D eigenvalue weighted by atomic mass is 10.0. The summed E-state index contributed by atoms with van der Waals surface area (Å²) in [6.07, 6.45) is 1.84. The van der Waals surface area contributed by atoms with Crippen LogP contribution in [0.2, 0.25) is 0 Å². The summed E-state index contributed by atoms with van der Waals surface area (Å²) >= 11 is 0. The second kappa shape index (κ2) is 5.23. The first-order valence-electron chi connectivity index (χ1n) is 6.87. The van der Waals surface area contributed by atoms with Crippen LogP contribution in [0, 0.1) is 6.92 Å². The van der Waals surface area contributed by atoms with E-state index >= 15 is 0 Å².